The Bertz CT molecular complexity index is 574. The zero-order valence-electron chi connectivity index (χ0n) is 9.39. The minimum Gasteiger partial charge on any atom is -0.371 e. The van der Waals surface area contributed by atoms with Gasteiger partial charge in [-0.15, -0.1) is 5.10 Å². The second kappa shape index (κ2) is 4.19. The molecule has 1 aliphatic heterocycles. The van der Waals surface area contributed by atoms with Gasteiger partial charge in [0.2, 0.25) is 0 Å². The van der Waals surface area contributed by atoms with E-state index in [1.807, 2.05) is 6.20 Å². The van der Waals surface area contributed by atoms with Gasteiger partial charge in [-0.2, -0.15) is 0 Å². The molecule has 18 heavy (non-hydrogen) atoms. The van der Waals surface area contributed by atoms with E-state index < -0.39 is 4.92 Å². The third kappa shape index (κ3) is 2.21. The van der Waals surface area contributed by atoms with Crippen molar-refractivity contribution >= 4 is 5.69 Å². The summed E-state index contributed by atoms with van der Waals surface area (Å²) >= 11 is 0. The highest BCUT2D eigenvalue weighted by Gasteiger charge is 2.23. The van der Waals surface area contributed by atoms with Crippen LogP contribution in [0.25, 0.3) is 11.3 Å². The molecule has 0 radical (unpaired) electrons. The van der Waals surface area contributed by atoms with Crippen LogP contribution >= 0.6 is 0 Å². The summed E-state index contributed by atoms with van der Waals surface area (Å²) in [7, 11) is 0. The fourth-order valence-electron chi connectivity index (χ4n) is 1.66. The molecule has 0 N–H and O–H groups in total. The molecular weight excluding hydrogens is 236 g/mol. The van der Waals surface area contributed by atoms with E-state index in [1.54, 1.807) is 16.8 Å². The van der Waals surface area contributed by atoms with Crippen LogP contribution in [-0.4, -0.2) is 32.6 Å². The maximum atomic E-state index is 10.5. The molecule has 3 rings (SSSR count). The molecule has 0 saturated carbocycles. The van der Waals surface area contributed by atoms with E-state index >= 15 is 0 Å². The molecule has 1 atom stereocenters. The Morgan fingerprint density at radius 2 is 2.17 bits per heavy atom. The highest BCUT2D eigenvalue weighted by molar-refractivity contribution is 5.59. The van der Waals surface area contributed by atoms with Crippen LogP contribution in [0.15, 0.2) is 30.5 Å². The molecule has 0 spiro atoms. The molecule has 7 nitrogen and oxygen atoms in total. The van der Waals surface area contributed by atoms with Gasteiger partial charge in [-0.1, -0.05) is 5.21 Å². The monoisotopic (exact) mass is 246 g/mol. The number of aromatic nitrogens is 3. The van der Waals surface area contributed by atoms with Crippen molar-refractivity contribution in [3.63, 3.8) is 0 Å². The Balaban J connectivity index is 1.80. The molecule has 0 amide bonds. The molecule has 1 aromatic heterocycles. The van der Waals surface area contributed by atoms with Crippen molar-refractivity contribution in [2.24, 2.45) is 0 Å². The van der Waals surface area contributed by atoms with E-state index in [1.165, 1.54) is 12.1 Å². The number of nitro groups is 1. The van der Waals surface area contributed by atoms with Crippen LogP contribution in [-0.2, 0) is 11.3 Å². The summed E-state index contributed by atoms with van der Waals surface area (Å²) in [5.74, 6) is 0. The van der Waals surface area contributed by atoms with Crippen molar-refractivity contribution < 1.29 is 9.66 Å². The fraction of sp³-hybridized carbons (Fsp3) is 0.273. The Morgan fingerprint density at radius 1 is 1.44 bits per heavy atom. The van der Waals surface area contributed by atoms with Gasteiger partial charge < -0.3 is 4.74 Å². The van der Waals surface area contributed by atoms with Crippen LogP contribution in [0.2, 0.25) is 0 Å². The first-order valence-electron chi connectivity index (χ1n) is 5.49. The predicted octanol–water partition coefficient (Wildman–Crippen LogP) is 1.25. The molecule has 1 fully saturated rings. The van der Waals surface area contributed by atoms with Crippen LogP contribution < -0.4 is 0 Å². The first-order valence-corrected chi connectivity index (χ1v) is 5.49. The Hall–Kier alpha value is -2.28. The molecule has 92 valence electrons. The number of benzene rings is 1. The van der Waals surface area contributed by atoms with Gasteiger partial charge in [0, 0.05) is 17.7 Å². The standard InChI is InChI=1S/C11H10N4O3/c16-15(17)9-3-1-8(2-4-9)11-6-14(13-12-11)5-10-7-18-10/h1-4,6,10H,5,7H2. The molecule has 0 bridgehead atoms. The fourth-order valence-corrected chi connectivity index (χ4v) is 1.66. The van der Waals surface area contributed by atoms with Gasteiger partial charge in [0.1, 0.15) is 11.8 Å². The third-order valence-corrected chi connectivity index (χ3v) is 2.71. The maximum Gasteiger partial charge on any atom is 0.269 e. The van der Waals surface area contributed by atoms with Crippen LogP contribution in [0.3, 0.4) is 0 Å². The topological polar surface area (TPSA) is 86.4 Å². The molecule has 1 unspecified atom stereocenters. The quantitative estimate of drug-likeness (QED) is 0.460. The van der Waals surface area contributed by atoms with Crippen molar-refractivity contribution in [2.45, 2.75) is 12.6 Å². The number of epoxide rings is 1. The summed E-state index contributed by atoms with van der Waals surface area (Å²) < 4.78 is 6.82. The lowest BCUT2D eigenvalue weighted by Gasteiger charge is -1.95. The van der Waals surface area contributed by atoms with E-state index in [0.717, 1.165) is 12.2 Å². The van der Waals surface area contributed by atoms with Crippen molar-refractivity contribution in [3.05, 3.63) is 40.6 Å². The minimum atomic E-state index is -0.426. The summed E-state index contributed by atoms with van der Waals surface area (Å²) in [6.07, 6.45) is 2.06. The molecule has 1 aliphatic rings. The molecule has 1 saturated heterocycles. The van der Waals surface area contributed by atoms with E-state index in [-0.39, 0.29) is 11.8 Å². The van der Waals surface area contributed by atoms with Gasteiger partial charge in [0.15, 0.2) is 0 Å². The molecule has 1 aromatic carbocycles. The SMILES string of the molecule is O=[N+]([O-])c1ccc(-c2cn(CC3CO3)nn2)cc1. The maximum absolute atomic E-state index is 10.5. The van der Waals surface area contributed by atoms with Crippen LogP contribution in [0.1, 0.15) is 0 Å². The highest BCUT2D eigenvalue weighted by atomic mass is 16.6. The number of non-ortho nitro benzene ring substituents is 1. The van der Waals surface area contributed by atoms with Crippen molar-refractivity contribution in [2.75, 3.05) is 6.61 Å². The number of nitro benzene ring substituents is 1. The number of ether oxygens (including phenoxy) is 1. The van der Waals surface area contributed by atoms with E-state index in [4.69, 9.17) is 4.74 Å². The first kappa shape index (κ1) is 10.8. The number of rotatable bonds is 4. The third-order valence-electron chi connectivity index (χ3n) is 2.71. The van der Waals surface area contributed by atoms with E-state index in [2.05, 4.69) is 10.3 Å². The van der Waals surface area contributed by atoms with Crippen LogP contribution in [0, 0.1) is 10.1 Å². The largest absolute Gasteiger partial charge is 0.371 e. The van der Waals surface area contributed by atoms with Gasteiger partial charge >= 0.3 is 0 Å². The van der Waals surface area contributed by atoms with Gasteiger partial charge in [-0.05, 0) is 12.1 Å². The number of hydrogen-bond acceptors (Lipinski definition) is 5. The summed E-state index contributed by atoms with van der Waals surface area (Å²) in [6, 6.07) is 6.25. The van der Waals surface area contributed by atoms with Crippen LogP contribution in [0.5, 0.6) is 0 Å². The Kier molecular flexibility index (Phi) is 2.52. The van der Waals surface area contributed by atoms with Gasteiger partial charge in [0.05, 0.1) is 24.3 Å². The summed E-state index contributed by atoms with van der Waals surface area (Å²) in [4.78, 5) is 10.1. The normalized spacial score (nSPS) is 17.7. The summed E-state index contributed by atoms with van der Waals surface area (Å²) in [6.45, 7) is 1.46. The second-order valence-corrected chi connectivity index (χ2v) is 4.09. The molecule has 0 aliphatic carbocycles. The number of nitrogens with zero attached hydrogens (tertiary/aromatic N) is 4. The van der Waals surface area contributed by atoms with Crippen LogP contribution in [0.4, 0.5) is 5.69 Å². The minimum absolute atomic E-state index is 0.0672. The zero-order valence-corrected chi connectivity index (χ0v) is 9.39. The molecule has 2 heterocycles. The Morgan fingerprint density at radius 3 is 2.78 bits per heavy atom. The summed E-state index contributed by atoms with van der Waals surface area (Å²) in [5.41, 5.74) is 1.58. The molecule has 2 aromatic rings. The van der Waals surface area contributed by atoms with Gasteiger partial charge in [0.25, 0.3) is 5.69 Å². The summed E-state index contributed by atoms with van der Waals surface area (Å²) in [5, 5.41) is 18.6. The second-order valence-electron chi connectivity index (χ2n) is 4.09. The molecule has 7 heteroatoms. The first-order chi connectivity index (χ1) is 8.72. The number of hydrogen-bond donors (Lipinski definition) is 0. The Labute approximate surface area is 102 Å². The average Bonchev–Trinajstić information content (AvgIpc) is 3.05. The van der Waals surface area contributed by atoms with Gasteiger partial charge in [-0.3, -0.25) is 10.1 Å². The van der Waals surface area contributed by atoms with Gasteiger partial charge in [-0.25, -0.2) is 4.68 Å². The van der Waals surface area contributed by atoms with Crippen molar-refractivity contribution in [1.82, 2.24) is 15.0 Å². The average molecular weight is 246 g/mol. The lowest BCUT2D eigenvalue weighted by Crippen LogP contribution is -2.04. The van der Waals surface area contributed by atoms with Crippen molar-refractivity contribution in [3.8, 4) is 11.3 Å². The van der Waals surface area contributed by atoms with E-state index in [0.29, 0.717) is 12.2 Å². The smallest absolute Gasteiger partial charge is 0.269 e. The highest BCUT2D eigenvalue weighted by Crippen LogP contribution is 2.20. The lowest BCUT2D eigenvalue weighted by atomic mass is 10.1. The van der Waals surface area contributed by atoms with Crippen molar-refractivity contribution in [1.29, 1.82) is 0 Å². The molecular formula is C11H10N4O3. The van der Waals surface area contributed by atoms with E-state index in [9.17, 15) is 10.1 Å². The predicted molar refractivity (Wildman–Crippen MR) is 61.9 cm³/mol. The lowest BCUT2D eigenvalue weighted by molar-refractivity contribution is -0.384. The zero-order chi connectivity index (χ0) is 12.5.